The highest BCUT2D eigenvalue weighted by molar-refractivity contribution is 5.77. The van der Waals surface area contributed by atoms with Crippen LogP contribution in [0.2, 0.25) is 0 Å². The summed E-state index contributed by atoms with van der Waals surface area (Å²) in [6, 6.07) is 10.8. The highest BCUT2D eigenvalue weighted by atomic mass is 16.2. The van der Waals surface area contributed by atoms with E-state index in [0.29, 0.717) is 17.9 Å². The molecular formula is C18H26N2O. The summed E-state index contributed by atoms with van der Waals surface area (Å²) >= 11 is 0. The van der Waals surface area contributed by atoms with Gasteiger partial charge in [0.05, 0.1) is 6.04 Å². The van der Waals surface area contributed by atoms with Crippen LogP contribution in [-0.4, -0.2) is 30.4 Å². The van der Waals surface area contributed by atoms with E-state index in [0.717, 1.165) is 45.3 Å². The number of hydrogen-bond donors (Lipinski definition) is 1. The van der Waals surface area contributed by atoms with Gasteiger partial charge in [0.15, 0.2) is 0 Å². The number of rotatable bonds is 4. The van der Waals surface area contributed by atoms with Crippen molar-refractivity contribution >= 4 is 5.91 Å². The molecule has 2 saturated heterocycles. The lowest BCUT2D eigenvalue weighted by atomic mass is 9.94. The summed E-state index contributed by atoms with van der Waals surface area (Å²) in [7, 11) is 0. The molecule has 114 valence electrons. The fourth-order valence-corrected chi connectivity index (χ4v) is 3.73. The van der Waals surface area contributed by atoms with Crippen LogP contribution < -0.4 is 5.32 Å². The second-order valence-corrected chi connectivity index (χ2v) is 6.41. The van der Waals surface area contributed by atoms with Crippen LogP contribution >= 0.6 is 0 Å². The number of carbonyl (C=O) groups excluding carboxylic acids is 1. The first-order valence-electron chi connectivity index (χ1n) is 8.40. The topological polar surface area (TPSA) is 32.3 Å². The Hall–Kier alpha value is -1.35. The third-order valence-electron chi connectivity index (χ3n) is 4.92. The molecule has 0 spiro atoms. The van der Waals surface area contributed by atoms with E-state index in [1.54, 1.807) is 0 Å². The van der Waals surface area contributed by atoms with Gasteiger partial charge in [-0.1, -0.05) is 30.3 Å². The maximum absolute atomic E-state index is 12.6. The molecule has 0 radical (unpaired) electrons. The molecule has 0 aliphatic carbocycles. The predicted molar refractivity (Wildman–Crippen MR) is 85.0 cm³/mol. The molecule has 2 aliphatic heterocycles. The Morgan fingerprint density at radius 1 is 1.19 bits per heavy atom. The van der Waals surface area contributed by atoms with Gasteiger partial charge in [-0.3, -0.25) is 4.79 Å². The Kier molecular flexibility index (Phi) is 4.91. The van der Waals surface area contributed by atoms with E-state index in [2.05, 4.69) is 34.5 Å². The third kappa shape index (κ3) is 3.65. The normalized spacial score (nSPS) is 26.0. The molecule has 2 fully saturated rings. The first kappa shape index (κ1) is 14.6. The SMILES string of the molecule is O=C(CCC1CCCNC1)N1CCCC1c1ccccc1. The van der Waals surface area contributed by atoms with Gasteiger partial charge < -0.3 is 10.2 Å². The van der Waals surface area contributed by atoms with Gasteiger partial charge in [0.2, 0.25) is 5.91 Å². The van der Waals surface area contributed by atoms with Gasteiger partial charge in [-0.2, -0.15) is 0 Å². The van der Waals surface area contributed by atoms with Gasteiger partial charge in [-0.25, -0.2) is 0 Å². The standard InChI is InChI=1S/C18H26N2O/c21-18(11-10-15-6-4-12-19-14-15)20-13-5-9-17(20)16-7-2-1-3-8-16/h1-3,7-8,15,17,19H,4-6,9-14H2. The molecule has 2 atom stereocenters. The molecule has 3 rings (SSSR count). The van der Waals surface area contributed by atoms with Crippen molar-refractivity contribution in [1.29, 1.82) is 0 Å². The summed E-state index contributed by atoms with van der Waals surface area (Å²) in [6.45, 7) is 3.17. The van der Waals surface area contributed by atoms with Crippen molar-refractivity contribution in [1.82, 2.24) is 10.2 Å². The molecule has 0 aromatic heterocycles. The molecule has 2 heterocycles. The molecule has 0 saturated carbocycles. The summed E-state index contributed by atoms with van der Waals surface area (Å²) in [5.41, 5.74) is 1.29. The highest BCUT2D eigenvalue weighted by Gasteiger charge is 2.29. The van der Waals surface area contributed by atoms with Crippen molar-refractivity contribution < 1.29 is 4.79 Å². The number of nitrogens with one attached hydrogen (secondary N) is 1. The lowest BCUT2D eigenvalue weighted by molar-refractivity contribution is -0.132. The first-order chi connectivity index (χ1) is 10.3. The first-order valence-corrected chi connectivity index (χ1v) is 8.40. The molecule has 1 amide bonds. The molecule has 0 bridgehead atoms. The van der Waals surface area contributed by atoms with Crippen LogP contribution in [-0.2, 0) is 4.79 Å². The molecular weight excluding hydrogens is 260 g/mol. The second-order valence-electron chi connectivity index (χ2n) is 6.41. The highest BCUT2D eigenvalue weighted by Crippen LogP contribution is 2.32. The smallest absolute Gasteiger partial charge is 0.223 e. The van der Waals surface area contributed by atoms with E-state index in [4.69, 9.17) is 0 Å². The van der Waals surface area contributed by atoms with Gasteiger partial charge in [-0.05, 0) is 56.7 Å². The maximum Gasteiger partial charge on any atom is 0.223 e. The van der Waals surface area contributed by atoms with Gasteiger partial charge in [0.25, 0.3) is 0 Å². The Bertz CT molecular complexity index is 454. The number of hydrogen-bond acceptors (Lipinski definition) is 2. The van der Waals surface area contributed by atoms with Crippen LogP contribution in [0.5, 0.6) is 0 Å². The number of nitrogens with zero attached hydrogens (tertiary/aromatic N) is 1. The predicted octanol–water partition coefficient (Wildman–Crippen LogP) is 3.13. The van der Waals surface area contributed by atoms with Crippen molar-refractivity contribution in [3.05, 3.63) is 35.9 Å². The van der Waals surface area contributed by atoms with E-state index >= 15 is 0 Å². The largest absolute Gasteiger partial charge is 0.336 e. The van der Waals surface area contributed by atoms with Crippen molar-refractivity contribution in [3.63, 3.8) is 0 Å². The van der Waals surface area contributed by atoms with Crippen LogP contribution in [0.1, 0.15) is 50.1 Å². The quantitative estimate of drug-likeness (QED) is 0.922. The maximum atomic E-state index is 12.6. The van der Waals surface area contributed by atoms with Crippen LogP contribution in [0.3, 0.4) is 0 Å². The third-order valence-corrected chi connectivity index (χ3v) is 4.92. The number of likely N-dealkylation sites (tertiary alicyclic amines) is 1. The summed E-state index contributed by atoms with van der Waals surface area (Å²) < 4.78 is 0. The average Bonchev–Trinajstić information content (AvgIpc) is 3.04. The lowest BCUT2D eigenvalue weighted by Crippen LogP contribution is -2.33. The average molecular weight is 286 g/mol. The van der Waals surface area contributed by atoms with Crippen molar-refractivity contribution in [3.8, 4) is 0 Å². The van der Waals surface area contributed by atoms with E-state index in [1.807, 2.05) is 6.07 Å². The summed E-state index contributed by atoms with van der Waals surface area (Å²) in [5, 5.41) is 3.44. The minimum atomic E-state index is 0.309. The van der Waals surface area contributed by atoms with Crippen molar-refractivity contribution in [2.24, 2.45) is 5.92 Å². The molecule has 2 aliphatic rings. The fourth-order valence-electron chi connectivity index (χ4n) is 3.73. The van der Waals surface area contributed by atoms with E-state index in [-0.39, 0.29) is 0 Å². The van der Waals surface area contributed by atoms with Gasteiger partial charge in [0, 0.05) is 13.0 Å². The number of carbonyl (C=O) groups is 1. The molecule has 1 aromatic rings. The Balaban J connectivity index is 1.55. The Morgan fingerprint density at radius 2 is 2.05 bits per heavy atom. The van der Waals surface area contributed by atoms with E-state index < -0.39 is 0 Å². The lowest BCUT2D eigenvalue weighted by Gasteiger charge is -2.27. The summed E-state index contributed by atoms with van der Waals surface area (Å²) in [4.78, 5) is 14.7. The monoisotopic (exact) mass is 286 g/mol. The minimum Gasteiger partial charge on any atom is -0.336 e. The zero-order valence-corrected chi connectivity index (χ0v) is 12.8. The zero-order valence-electron chi connectivity index (χ0n) is 12.8. The van der Waals surface area contributed by atoms with Crippen molar-refractivity contribution in [2.45, 2.75) is 44.6 Å². The van der Waals surface area contributed by atoms with Crippen LogP contribution in [0.15, 0.2) is 30.3 Å². The Labute approximate surface area is 127 Å². The van der Waals surface area contributed by atoms with Gasteiger partial charge >= 0.3 is 0 Å². The second kappa shape index (κ2) is 7.08. The summed E-state index contributed by atoms with van der Waals surface area (Å²) in [5.74, 6) is 1.05. The van der Waals surface area contributed by atoms with E-state index in [1.165, 1.54) is 18.4 Å². The molecule has 1 N–H and O–H groups in total. The van der Waals surface area contributed by atoms with Crippen LogP contribution in [0, 0.1) is 5.92 Å². The van der Waals surface area contributed by atoms with Crippen LogP contribution in [0.4, 0.5) is 0 Å². The van der Waals surface area contributed by atoms with Gasteiger partial charge in [0.1, 0.15) is 0 Å². The number of benzene rings is 1. The molecule has 3 heteroatoms. The van der Waals surface area contributed by atoms with Crippen LogP contribution in [0.25, 0.3) is 0 Å². The molecule has 3 nitrogen and oxygen atoms in total. The zero-order chi connectivity index (χ0) is 14.5. The fraction of sp³-hybridized carbons (Fsp3) is 0.611. The number of amides is 1. The number of piperidine rings is 1. The Morgan fingerprint density at radius 3 is 2.81 bits per heavy atom. The van der Waals surface area contributed by atoms with Crippen molar-refractivity contribution in [2.75, 3.05) is 19.6 Å². The minimum absolute atomic E-state index is 0.309. The molecule has 21 heavy (non-hydrogen) atoms. The molecule has 1 aromatic carbocycles. The van der Waals surface area contributed by atoms with E-state index in [9.17, 15) is 4.79 Å². The molecule has 2 unspecified atom stereocenters. The van der Waals surface area contributed by atoms with Gasteiger partial charge in [-0.15, -0.1) is 0 Å². The summed E-state index contributed by atoms with van der Waals surface area (Å²) in [6.07, 6.45) is 6.55.